The summed E-state index contributed by atoms with van der Waals surface area (Å²) in [4.78, 5) is 0. The second-order valence-corrected chi connectivity index (χ2v) is 3.01. The number of ether oxygens (including phenoxy) is 1. The zero-order valence-corrected chi connectivity index (χ0v) is 8.08. The van der Waals surface area contributed by atoms with Crippen LogP contribution in [0.2, 0.25) is 0 Å². The Morgan fingerprint density at radius 1 is 1.54 bits per heavy atom. The molecule has 0 aliphatic carbocycles. The SMILES string of the molecule is CCC(C)Oc1cccc(NN)c1. The summed E-state index contributed by atoms with van der Waals surface area (Å²) in [6.45, 7) is 4.14. The fraction of sp³-hybridized carbons (Fsp3) is 0.400. The molecule has 1 atom stereocenters. The topological polar surface area (TPSA) is 47.3 Å². The Bertz CT molecular complexity index is 263. The molecular formula is C10H16N2O. The van der Waals surface area contributed by atoms with Crippen LogP contribution >= 0.6 is 0 Å². The van der Waals surface area contributed by atoms with Crippen molar-refractivity contribution in [3.63, 3.8) is 0 Å². The van der Waals surface area contributed by atoms with E-state index in [1.807, 2.05) is 31.2 Å². The molecule has 3 N–H and O–H groups in total. The largest absolute Gasteiger partial charge is 0.491 e. The first-order valence-electron chi connectivity index (χ1n) is 4.49. The van der Waals surface area contributed by atoms with E-state index in [-0.39, 0.29) is 6.10 Å². The number of nitrogens with two attached hydrogens (primary N) is 1. The Kier molecular flexibility index (Phi) is 3.58. The highest BCUT2D eigenvalue weighted by atomic mass is 16.5. The molecule has 0 aromatic heterocycles. The van der Waals surface area contributed by atoms with E-state index in [0.29, 0.717) is 0 Å². The first-order valence-corrected chi connectivity index (χ1v) is 4.49. The molecule has 3 nitrogen and oxygen atoms in total. The van der Waals surface area contributed by atoms with E-state index < -0.39 is 0 Å². The average molecular weight is 180 g/mol. The van der Waals surface area contributed by atoms with Gasteiger partial charge in [-0.2, -0.15) is 0 Å². The lowest BCUT2D eigenvalue weighted by Crippen LogP contribution is -2.10. The van der Waals surface area contributed by atoms with Crippen LogP contribution in [0.1, 0.15) is 20.3 Å². The average Bonchev–Trinajstić information content (AvgIpc) is 2.18. The number of hydrogen-bond donors (Lipinski definition) is 2. The van der Waals surface area contributed by atoms with Crippen LogP contribution in [0.15, 0.2) is 24.3 Å². The van der Waals surface area contributed by atoms with E-state index in [0.717, 1.165) is 17.9 Å². The lowest BCUT2D eigenvalue weighted by atomic mass is 10.3. The summed E-state index contributed by atoms with van der Waals surface area (Å²) in [5, 5.41) is 0. The standard InChI is InChI=1S/C10H16N2O/c1-3-8(2)13-10-6-4-5-9(7-10)12-11/h4-8,12H,3,11H2,1-2H3. The van der Waals surface area contributed by atoms with Gasteiger partial charge in [0.25, 0.3) is 0 Å². The first-order chi connectivity index (χ1) is 6.26. The van der Waals surface area contributed by atoms with Crippen molar-refractivity contribution in [1.29, 1.82) is 0 Å². The van der Waals surface area contributed by atoms with Crippen molar-refractivity contribution in [3.05, 3.63) is 24.3 Å². The molecule has 0 saturated carbocycles. The highest BCUT2D eigenvalue weighted by Crippen LogP contribution is 2.18. The second kappa shape index (κ2) is 4.72. The fourth-order valence-electron chi connectivity index (χ4n) is 0.975. The number of anilines is 1. The lowest BCUT2D eigenvalue weighted by Gasteiger charge is -2.12. The van der Waals surface area contributed by atoms with Gasteiger partial charge in [0.2, 0.25) is 0 Å². The van der Waals surface area contributed by atoms with Crippen molar-refractivity contribution in [1.82, 2.24) is 0 Å². The maximum atomic E-state index is 5.61. The molecule has 0 radical (unpaired) electrons. The predicted molar refractivity (Wildman–Crippen MR) is 54.6 cm³/mol. The van der Waals surface area contributed by atoms with Crippen molar-refractivity contribution in [2.45, 2.75) is 26.4 Å². The third-order valence-corrected chi connectivity index (χ3v) is 1.91. The summed E-state index contributed by atoms with van der Waals surface area (Å²) in [5.74, 6) is 6.13. The van der Waals surface area contributed by atoms with Crippen molar-refractivity contribution in [2.75, 3.05) is 5.43 Å². The number of hydrazine groups is 1. The van der Waals surface area contributed by atoms with Crippen LogP contribution < -0.4 is 16.0 Å². The van der Waals surface area contributed by atoms with Gasteiger partial charge in [0.15, 0.2) is 0 Å². The minimum Gasteiger partial charge on any atom is -0.491 e. The summed E-state index contributed by atoms with van der Waals surface area (Å²) in [5.41, 5.74) is 3.44. The zero-order chi connectivity index (χ0) is 9.68. The third-order valence-electron chi connectivity index (χ3n) is 1.91. The Morgan fingerprint density at radius 3 is 2.92 bits per heavy atom. The number of nitrogen functional groups attached to an aromatic ring is 1. The molecule has 13 heavy (non-hydrogen) atoms. The van der Waals surface area contributed by atoms with Crippen LogP contribution in [-0.2, 0) is 0 Å². The molecule has 0 saturated heterocycles. The molecule has 72 valence electrons. The molecule has 0 bridgehead atoms. The number of hydrogen-bond acceptors (Lipinski definition) is 3. The van der Waals surface area contributed by atoms with Crippen LogP contribution in [0.5, 0.6) is 5.75 Å². The summed E-state index contributed by atoms with van der Waals surface area (Å²) in [6, 6.07) is 7.61. The van der Waals surface area contributed by atoms with Gasteiger partial charge in [-0.3, -0.25) is 5.84 Å². The maximum Gasteiger partial charge on any atom is 0.121 e. The van der Waals surface area contributed by atoms with E-state index in [9.17, 15) is 0 Å². The molecule has 0 amide bonds. The number of nitrogens with one attached hydrogen (secondary N) is 1. The van der Waals surface area contributed by atoms with Gasteiger partial charge in [0.05, 0.1) is 11.8 Å². The summed E-state index contributed by atoms with van der Waals surface area (Å²) in [7, 11) is 0. The highest BCUT2D eigenvalue weighted by Gasteiger charge is 2.00. The Morgan fingerprint density at radius 2 is 2.31 bits per heavy atom. The number of rotatable bonds is 4. The lowest BCUT2D eigenvalue weighted by molar-refractivity contribution is 0.217. The monoisotopic (exact) mass is 180 g/mol. The maximum absolute atomic E-state index is 5.61. The number of benzene rings is 1. The van der Waals surface area contributed by atoms with Gasteiger partial charge in [0.1, 0.15) is 5.75 Å². The summed E-state index contributed by atoms with van der Waals surface area (Å²) >= 11 is 0. The van der Waals surface area contributed by atoms with Gasteiger partial charge in [-0.1, -0.05) is 13.0 Å². The second-order valence-electron chi connectivity index (χ2n) is 3.01. The van der Waals surface area contributed by atoms with E-state index >= 15 is 0 Å². The van der Waals surface area contributed by atoms with Gasteiger partial charge >= 0.3 is 0 Å². The van der Waals surface area contributed by atoms with Crippen molar-refractivity contribution in [2.24, 2.45) is 5.84 Å². The van der Waals surface area contributed by atoms with Crippen molar-refractivity contribution < 1.29 is 4.74 Å². The van der Waals surface area contributed by atoms with Crippen LogP contribution in [0.3, 0.4) is 0 Å². The Labute approximate surface area is 78.9 Å². The van der Waals surface area contributed by atoms with Gasteiger partial charge in [-0.05, 0) is 25.5 Å². The first kappa shape index (κ1) is 9.86. The van der Waals surface area contributed by atoms with Gasteiger partial charge in [0, 0.05) is 6.07 Å². The van der Waals surface area contributed by atoms with E-state index in [4.69, 9.17) is 10.6 Å². The molecule has 0 aliphatic rings. The smallest absolute Gasteiger partial charge is 0.121 e. The van der Waals surface area contributed by atoms with E-state index in [2.05, 4.69) is 12.3 Å². The molecule has 1 rings (SSSR count). The van der Waals surface area contributed by atoms with Crippen molar-refractivity contribution >= 4 is 5.69 Å². The summed E-state index contributed by atoms with van der Waals surface area (Å²) < 4.78 is 5.61. The third kappa shape index (κ3) is 2.95. The molecule has 3 heteroatoms. The fourth-order valence-corrected chi connectivity index (χ4v) is 0.975. The van der Waals surface area contributed by atoms with Crippen LogP contribution in [0, 0.1) is 0 Å². The van der Waals surface area contributed by atoms with Crippen LogP contribution in [0.25, 0.3) is 0 Å². The minimum absolute atomic E-state index is 0.244. The molecular weight excluding hydrogens is 164 g/mol. The molecule has 1 unspecified atom stereocenters. The molecule has 0 aliphatic heterocycles. The van der Waals surface area contributed by atoms with E-state index in [1.165, 1.54) is 0 Å². The van der Waals surface area contributed by atoms with Crippen LogP contribution in [0.4, 0.5) is 5.69 Å². The molecule has 0 fully saturated rings. The molecule has 1 aromatic carbocycles. The Hall–Kier alpha value is -1.22. The van der Waals surface area contributed by atoms with Crippen LogP contribution in [-0.4, -0.2) is 6.10 Å². The van der Waals surface area contributed by atoms with Gasteiger partial charge in [-0.25, -0.2) is 0 Å². The molecule has 0 spiro atoms. The minimum atomic E-state index is 0.244. The molecule has 0 heterocycles. The Balaban J connectivity index is 2.66. The van der Waals surface area contributed by atoms with E-state index in [1.54, 1.807) is 0 Å². The highest BCUT2D eigenvalue weighted by molar-refractivity contribution is 5.46. The quantitative estimate of drug-likeness (QED) is 0.551. The van der Waals surface area contributed by atoms with Gasteiger partial charge < -0.3 is 10.2 Å². The summed E-state index contributed by atoms with van der Waals surface area (Å²) in [6.07, 6.45) is 1.24. The zero-order valence-electron chi connectivity index (χ0n) is 8.08. The normalized spacial score (nSPS) is 12.2. The predicted octanol–water partition coefficient (Wildman–Crippen LogP) is 2.15. The van der Waals surface area contributed by atoms with Gasteiger partial charge in [-0.15, -0.1) is 0 Å². The van der Waals surface area contributed by atoms with Crippen molar-refractivity contribution in [3.8, 4) is 5.75 Å². The molecule has 1 aromatic rings.